The molecular formula is C19H23N3O3. The summed E-state index contributed by atoms with van der Waals surface area (Å²) in [5.74, 6) is -1.10. The van der Waals surface area contributed by atoms with Gasteiger partial charge in [-0.05, 0) is 51.7 Å². The average molecular weight is 341 g/mol. The van der Waals surface area contributed by atoms with Gasteiger partial charge in [-0.2, -0.15) is 5.10 Å². The maximum atomic E-state index is 12.8. The Hall–Kier alpha value is -2.63. The molecule has 0 fully saturated rings. The number of aromatic nitrogens is 2. The molecule has 0 atom stereocenters. The molecule has 3 rings (SSSR count). The van der Waals surface area contributed by atoms with E-state index in [-0.39, 0.29) is 12.3 Å². The third kappa shape index (κ3) is 3.73. The van der Waals surface area contributed by atoms with Gasteiger partial charge in [-0.3, -0.25) is 9.59 Å². The van der Waals surface area contributed by atoms with Crippen molar-refractivity contribution in [1.82, 2.24) is 15.1 Å². The first-order valence-corrected chi connectivity index (χ1v) is 8.58. The van der Waals surface area contributed by atoms with E-state index < -0.39 is 11.5 Å². The van der Waals surface area contributed by atoms with Crippen molar-refractivity contribution in [2.24, 2.45) is 0 Å². The van der Waals surface area contributed by atoms with E-state index in [4.69, 9.17) is 5.11 Å². The van der Waals surface area contributed by atoms with Crippen LogP contribution in [-0.4, -0.2) is 32.3 Å². The molecule has 1 aliphatic rings. The molecule has 2 aromatic rings. The van der Waals surface area contributed by atoms with E-state index in [1.807, 2.05) is 48.9 Å². The Balaban J connectivity index is 1.85. The zero-order valence-corrected chi connectivity index (χ0v) is 14.6. The fraction of sp³-hybridized carbons (Fsp3) is 0.421. The minimum Gasteiger partial charge on any atom is -0.481 e. The fourth-order valence-electron chi connectivity index (χ4n) is 3.25. The van der Waals surface area contributed by atoms with Crippen molar-refractivity contribution < 1.29 is 14.7 Å². The molecule has 1 heterocycles. The first-order valence-electron chi connectivity index (χ1n) is 8.58. The molecule has 6 heteroatoms. The summed E-state index contributed by atoms with van der Waals surface area (Å²) in [5, 5.41) is 16.4. The van der Waals surface area contributed by atoms with Gasteiger partial charge in [-0.25, -0.2) is 4.68 Å². The number of fused-ring (bicyclic) bond motifs is 1. The van der Waals surface area contributed by atoms with E-state index in [1.165, 1.54) is 0 Å². The van der Waals surface area contributed by atoms with Crippen LogP contribution < -0.4 is 5.32 Å². The van der Waals surface area contributed by atoms with Gasteiger partial charge in [0.1, 0.15) is 0 Å². The van der Waals surface area contributed by atoms with Gasteiger partial charge in [0.15, 0.2) is 5.69 Å². The van der Waals surface area contributed by atoms with Crippen LogP contribution in [0.15, 0.2) is 30.3 Å². The van der Waals surface area contributed by atoms with Gasteiger partial charge in [0, 0.05) is 23.2 Å². The third-order valence-electron chi connectivity index (χ3n) is 4.56. The predicted octanol–water partition coefficient (Wildman–Crippen LogP) is 2.73. The van der Waals surface area contributed by atoms with E-state index in [1.54, 1.807) is 0 Å². The summed E-state index contributed by atoms with van der Waals surface area (Å²) in [6.07, 6.45) is 3.16. The zero-order chi connectivity index (χ0) is 18.0. The highest BCUT2D eigenvalue weighted by Gasteiger charge is 2.30. The number of nitrogens with zero attached hydrogens (tertiary/aromatic N) is 2. The highest BCUT2D eigenvalue weighted by Crippen LogP contribution is 2.28. The maximum Gasteiger partial charge on any atom is 0.303 e. The molecule has 1 aliphatic carbocycles. The van der Waals surface area contributed by atoms with E-state index in [2.05, 4.69) is 10.4 Å². The molecule has 1 aromatic carbocycles. The number of rotatable bonds is 6. The quantitative estimate of drug-likeness (QED) is 0.846. The van der Waals surface area contributed by atoms with Gasteiger partial charge in [0.2, 0.25) is 0 Å². The summed E-state index contributed by atoms with van der Waals surface area (Å²) in [6, 6.07) is 9.81. The monoisotopic (exact) mass is 341 g/mol. The SMILES string of the molecule is CC(C)(CCC(=O)O)NC(=O)c1nn(-c2ccccc2)c2c1CCC2. The summed E-state index contributed by atoms with van der Waals surface area (Å²) < 4.78 is 1.86. The van der Waals surface area contributed by atoms with Crippen molar-refractivity contribution in [2.45, 2.75) is 51.5 Å². The number of carbonyl (C=O) groups excluding carboxylic acids is 1. The Kier molecular flexibility index (Phi) is 4.61. The lowest BCUT2D eigenvalue weighted by molar-refractivity contribution is -0.137. The Labute approximate surface area is 146 Å². The van der Waals surface area contributed by atoms with Crippen LogP contribution in [0.2, 0.25) is 0 Å². The van der Waals surface area contributed by atoms with E-state index in [0.29, 0.717) is 12.1 Å². The van der Waals surface area contributed by atoms with Crippen LogP contribution in [0.5, 0.6) is 0 Å². The second-order valence-electron chi connectivity index (χ2n) is 7.11. The Morgan fingerprint density at radius 1 is 1.24 bits per heavy atom. The second kappa shape index (κ2) is 6.70. The number of carboxylic acid groups (broad SMARTS) is 1. The highest BCUT2D eigenvalue weighted by atomic mass is 16.4. The standard InChI is InChI=1S/C19H23N3O3/c1-19(2,12-11-16(23)24)20-18(25)17-14-9-6-10-15(14)22(21-17)13-7-4-3-5-8-13/h3-5,7-8H,6,9-12H2,1-2H3,(H,20,25)(H,23,24). The number of benzene rings is 1. The Morgan fingerprint density at radius 3 is 2.64 bits per heavy atom. The number of amides is 1. The molecule has 6 nitrogen and oxygen atoms in total. The number of hydrogen-bond acceptors (Lipinski definition) is 3. The summed E-state index contributed by atoms with van der Waals surface area (Å²) in [7, 11) is 0. The summed E-state index contributed by atoms with van der Waals surface area (Å²) in [4.78, 5) is 23.6. The molecule has 0 saturated heterocycles. The van der Waals surface area contributed by atoms with Crippen molar-refractivity contribution in [2.75, 3.05) is 0 Å². The van der Waals surface area contributed by atoms with Gasteiger partial charge in [-0.1, -0.05) is 18.2 Å². The number of para-hydroxylation sites is 1. The summed E-state index contributed by atoms with van der Waals surface area (Å²) in [5.41, 5.74) is 2.91. The highest BCUT2D eigenvalue weighted by molar-refractivity contribution is 5.94. The molecule has 0 bridgehead atoms. The van der Waals surface area contributed by atoms with E-state index in [0.717, 1.165) is 36.2 Å². The van der Waals surface area contributed by atoms with Gasteiger partial charge in [0.05, 0.1) is 5.69 Å². The molecule has 0 aliphatic heterocycles. The zero-order valence-electron chi connectivity index (χ0n) is 14.6. The average Bonchev–Trinajstić information content (AvgIpc) is 3.15. The lowest BCUT2D eigenvalue weighted by atomic mass is 9.98. The number of carbonyl (C=O) groups is 2. The molecule has 25 heavy (non-hydrogen) atoms. The summed E-state index contributed by atoms with van der Waals surface area (Å²) in [6.45, 7) is 3.67. The number of nitrogens with one attached hydrogen (secondary N) is 1. The molecule has 1 amide bonds. The lowest BCUT2D eigenvalue weighted by Crippen LogP contribution is -2.44. The second-order valence-corrected chi connectivity index (χ2v) is 7.11. The first kappa shape index (κ1) is 17.2. The van der Waals surface area contributed by atoms with Gasteiger partial charge in [0.25, 0.3) is 5.91 Å². The molecular weight excluding hydrogens is 318 g/mol. The van der Waals surface area contributed by atoms with Crippen LogP contribution in [0.4, 0.5) is 0 Å². The minimum atomic E-state index is -0.864. The van der Waals surface area contributed by atoms with Crippen molar-refractivity contribution in [3.63, 3.8) is 0 Å². The minimum absolute atomic E-state index is 0.0177. The molecule has 0 radical (unpaired) electrons. The maximum absolute atomic E-state index is 12.8. The van der Waals surface area contributed by atoms with Crippen molar-refractivity contribution in [3.8, 4) is 5.69 Å². The third-order valence-corrected chi connectivity index (χ3v) is 4.56. The van der Waals surface area contributed by atoms with Crippen LogP contribution in [0, 0.1) is 0 Å². The van der Waals surface area contributed by atoms with E-state index in [9.17, 15) is 9.59 Å². The van der Waals surface area contributed by atoms with Crippen LogP contribution in [-0.2, 0) is 17.6 Å². The molecule has 132 valence electrons. The Bertz CT molecular complexity index is 794. The first-order chi connectivity index (χ1) is 11.9. The topological polar surface area (TPSA) is 84.2 Å². The number of carboxylic acids is 1. The fourth-order valence-corrected chi connectivity index (χ4v) is 3.25. The van der Waals surface area contributed by atoms with Gasteiger partial charge < -0.3 is 10.4 Å². The molecule has 0 saturated carbocycles. The number of aliphatic carboxylic acids is 1. The van der Waals surface area contributed by atoms with Crippen LogP contribution >= 0.6 is 0 Å². The largest absolute Gasteiger partial charge is 0.481 e. The smallest absolute Gasteiger partial charge is 0.303 e. The van der Waals surface area contributed by atoms with Crippen molar-refractivity contribution in [1.29, 1.82) is 0 Å². The van der Waals surface area contributed by atoms with Gasteiger partial charge in [-0.15, -0.1) is 0 Å². The normalized spacial score (nSPS) is 13.5. The molecule has 1 aromatic heterocycles. The van der Waals surface area contributed by atoms with Crippen LogP contribution in [0.25, 0.3) is 5.69 Å². The molecule has 0 spiro atoms. The lowest BCUT2D eigenvalue weighted by Gasteiger charge is -2.25. The van der Waals surface area contributed by atoms with E-state index >= 15 is 0 Å². The summed E-state index contributed by atoms with van der Waals surface area (Å²) >= 11 is 0. The number of hydrogen-bond donors (Lipinski definition) is 2. The van der Waals surface area contributed by atoms with Crippen molar-refractivity contribution >= 4 is 11.9 Å². The predicted molar refractivity (Wildman–Crippen MR) is 94.0 cm³/mol. The van der Waals surface area contributed by atoms with Gasteiger partial charge >= 0.3 is 5.97 Å². The molecule has 0 unspecified atom stereocenters. The molecule has 2 N–H and O–H groups in total. The van der Waals surface area contributed by atoms with Crippen molar-refractivity contribution in [3.05, 3.63) is 47.3 Å². The Morgan fingerprint density at radius 2 is 1.96 bits per heavy atom. The van der Waals surface area contributed by atoms with Crippen LogP contribution in [0.1, 0.15) is 54.9 Å². The van der Waals surface area contributed by atoms with Crippen LogP contribution in [0.3, 0.4) is 0 Å².